The molecule has 1 saturated heterocycles. The van der Waals surface area contributed by atoms with Gasteiger partial charge in [0, 0.05) is 47.5 Å². The molecule has 150 valence electrons. The fourth-order valence-corrected chi connectivity index (χ4v) is 4.40. The summed E-state index contributed by atoms with van der Waals surface area (Å²) in [7, 11) is -4.06. The average Bonchev–Trinajstić information content (AvgIpc) is 2.94. The molecule has 0 unspecified atom stereocenters. The van der Waals surface area contributed by atoms with Gasteiger partial charge in [-0.15, -0.1) is 0 Å². The summed E-state index contributed by atoms with van der Waals surface area (Å²) in [6, 6.07) is 10.2. The fourth-order valence-electron chi connectivity index (χ4n) is 2.98. The number of halogens is 2. The van der Waals surface area contributed by atoms with Gasteiger partial charge in [-0.2, -0.15) is 8.42 Å². The Bertz CT molecular complexity index is 958. The first-order valence-electron chi connectivity index (χ1n) is 8.73. The largest absolute Gasteiger partial charge is 0.379 e. The average molecular weight is 443 g/mol. The van der Waals surface area contributed by atoms with Crippen LogP contribution in [0, 0.1) is 5.92 Å². The van der Waals surface area contributed by atoms with Crippen molar-refractivity contribution in [3.8, 4) is 5.75 Å². The van der Waals surface area contributed by atoms with Gasteiger partial charge in [0.15, 0.2) is 0 Å². The second-order valence-corrected chi connectivity index (χ2v) is 9.33. The molecule has 1 aliphatic rings. The van der Waals surface area contributed by atoms with Crippen molar-refractivity contribution in [1.82, 2.24) is 4.90 Å². The van der Waals surface area contributed by atoms with Gasteiger partial charge in [-0.25, -0.2) is 4.79 Å². The van der Waals surface area contributed by atoms with Crippen LogP contribution >= 0.6 is 23.2 Å². The summed E-state index contributed by atoms with van der Waals surface area (Å²) < 4.78 is 30.1. The predicted molar refractivity (Wildman–Crippen MR) is 110 cm³/mol. The Hall–Kier alpha value is -1.96. The van der Waals surface area contributed by atoms with Crippen molar-refractivity contribution in [2.45, 2.75) is 18.7 Å². The number of rotatable bonds is 6. The molecule has 1 fully saturated rings. The number of hydrogen-bond donors (Lipinski definition) is 0. The van der Waals surface area contributed by atoms with Crippen LogP contribution in [0.2, 0.25) is 10.0 Å². The van der Waals surface area contributed by atoms with E-state index in [1.807, 2.05) is 0 Å². The van der Waals surface area contributed by atoms with Gasteiger partial charge in [0.1, 0.15) is 10.6 Å². The lowest BCUT2D eigenvalue weighted by atomic mass is 10.2. The molecule has 0 bridgehead atoms. The van der Waals surface area contributed by atoms with Gasteiger partial charge in [-0.05, 0) is 36.2 Å². The van der Waals surface area contributed by atoms with Crippen LogP contribution in [0.15, 0.2) is 47.4 Å². The second kappa shape index (κ2) is 8.19. The minimum Gasteiger partial charge on any atom is -0.379 e. The van der Waals surface area contributed by atoms with Gasteiger partial charge in [-0.1, -0.05) is 37.0 Å². The molecule has 9 heteroatoms. The van der Waals surface area contributed by atoms with E-state index >= 15 is 0 Å². The Morgan fingerprint density at radius 2 is 1.64 bits per heavy atom. The number of amides is 2. The van der Waals surface area contributed by atoms with E-state index in [2.05, 4.69) is 13.8 Å². The number of carbonyl (C=O) groups excluding carboxylic acids is 1. The lowest BCUT2D eigenvalue weighted by Gasteiger charge is -2.20. The van der Waals surface area contributed by atoms with Crippen molar-refractivity contribution in [2.75, 3.05) is 24.5 Å². The lowest BCUT2D eigenvalue weighted by molar-refractivity contribution is 0.215. The molecule has 2 aromatic carbocycles. The van der Waals surface area contributed by atoms with E-state index in [1.54, 1.807) is 21.9 Å². The number of hydrogen-bond acceptors (Lipinski definition) is 4. The first-order valence-corrected chi connectivity index (χ1v) is 10.9. The molecular formula is C19H20Cl2N2O4S. The molecule has 3 rings (SSSR count). The number of benzene rings is 2. The van der Waals surface area contributed by atoms with Crippen molar-refractivity contribution in [2.24, 2.45) is 5.92 Å². The Morgan fingerprint density at radius 3 is 2.21 bits per heavy atom. The van der Waals surface area contributed by atoms with Crippen LogP contribution in [-0.2, 0) is 10.1 Å². The van der Waals surface area contributed by atoms with Crippen LogP contribution in [0.3, 0.4) is 0 Å². The summed E-state index contributed by atoms with van der Waals surface area (Å²) in [4.78, 5) is 15.9. The highest BCUT2D eigenvalue weighted by atomic mass is 35.5. The van der Waals surface area contributed by atoms with Crippen LogP contribution in [0.1, 0.15) is 13.8 Å². The SMILES string of the molecule is CC(C)CN1CCN(c2ccc(S(=O)(=O)Oc3cc(Cl)cc(Cl)c3)cc2)C1=O. The molecule has 0 saturated carbocycles. The quantitative estimate of drug-likeness (QED) is 0.610. The smallest absolute Gasteiger partial charge is 0.339 e. The van der Waals surface area contributed by atoms with Crippen molar-refractivity contribution in [1.29, 1.82) is 0 Å². The number of nitrogens with zero attached hydrogens (tertiary/aromatic N) is 2. The van der Waals surface area contributed by atoms with E-state index in [0.29, 0.717) is 31.2 Å². The summed E-state index contributed by atoms with van der Waals surface area (Å²) in [6.07, 6.45) is 0. The van der Waals surface area contributed by atoms with Gasteiger partial charge in [0.25, 0.3) is 0 Å². The van der Waals surface area contributed by atoms with Gasteiger partial charge in [0.2, 0.25) is 0 Å². The highest BCUT2D eigenvalue weighted by molar-refractivity contribution is 7.87. The van der Waals surface area contributed by atoms with E-state index in [-0.39, 0.29) is 26.7 Å². The molecule has 0 N–H and O–H groups in total. The lowest BCUT2D eigenvalue weighted by Crippen LogP contribution is -2.34. The molecule has 2 amide bonds. The molecule has 0 atom stereocenters. The molecule has 1 heterocycles. The summed E-state index contributed by atoms with van der Waals surface area (Å²) in [6.45, 7) is 6.02. The van der Waals surface area contributed by atoms with Crippen molar-refractivity contribution in [3.63, 3.8) is 0 Å². The monoisotopic (exact) mass is 442 g/mol. The Kier molecular flexibility index (Phi) is 6.07. The predicted octanol–water partition coefficient (Wildman–Crippen LogP) is 4.66. The molecule has 1 aliphatic heterocycles. The third-order valence-corrected chi connectivity index (χ3v) is 5.86. The molecule has 0 spiro atoms. The summed E-state index contributed by atoms with van der Waals surface area (Å²) in [5.41, 5.74) is 0.640. The Labute approximate surface area is 174 Å². The molecule has 0 aliphatic carbocycles. The zero-order valence-corrected chi connectivity index (χ0v) is 17.8. The molecule has 28 heavy (non-hydrogen) atoms. The van der Waals surface area contributed by atoms with E-state index in [0.717, 1.165) is 0 Å². The van der Waals surface area contributed by atoms with Gasteiger partial charge in [0.05, 0.1) is 0 Å². The molecule has 2 aromatic rings. The van der Waals surface area contributed by atoms with Crippen LogP contribution in [0.4, 0.5) is 10.5 Å². The van der Waals surface area contributed by atoms with Crippen molar-refractivity contribution >= 4 is 45.0 Å². The summed E-state index contributed by atoms with van der Waals surface area (Å²) in [5.74, 6) is 0.411. The Morgan fingerprint density at radius 1 is 1.04 bits per heavy atom. The highest BCUT2D eigenvalue weighted by Crippen LogP contribution is 2.28. The second-order valence-electron chi connectivity index (χ2n) is 6.91. The molecule has 0 radical (unpaired) electrons. The van der Waals surface area contributed by atoms with E-state index in [1.165, 1.54) is 30.3 Å². The van der Waals surface area contributed by atoms with Crippen LogP contribution in [-0.4, -0.2) is 39.0 Å². The number of carbonyl (C=O) groups is 1. The summed E-state index contributed by atoms with van der Waals surface area (Å²) in [5, 5.41) is 0.540. The zero-order valence-electron chi connectivity index (χ0n) is 15.4. The number of urea groups is 1. The Balaban J connectivity index is 1.76. The fraction of sp³-hybridized carbons (Fsp3) is 0.316. The van der Waals surface area contributed by atoms with E-state index in [9.17, 15) is 13.2 Å². The van der Waals surface area contributed by atoms with Crippen molar-refractivity contribution in [3.05, 3.63) is 52.5 Å². The van der Waals surface area contributed by atoms with Gasteiger partial charge >= 0.3 is 16.1 Å². The maximum atomic E-state index is 12.5. The molecular weight excluding hydrogens is 423 g/mol. The van der Waals surface area contributed by atoms with Crippen LogP contribution in [0.25, 0.3) is 0 Å². The normalized spacial score (nSPS) is 14.8. The third-order valence-electron chi connectivity index (χ3n) is 4.16. The standard InChI is InChI=1S/C19H20Cl2N2O4S/c1-13(2)12-22-7-8-23(19(22)24)16-3-5-18(6-4-16)28(25,26)27-17-10-14(20)9-15(21)11-17/h3-6,9-11,13H,7-8,12H2,1-2H3. The first-order chi connectivity index (χ1) is 13.2. The van der Waals surface area contributed by atoms with E-state index in [4.69, 9.17) is 27.4 Å². The number of anilines is 1. The third kappa shape index (κ3) is 4.71. The maximum absolute atomic E-state index is 12.5. The van der Waals surface area contributed by atoms with Gasteiger partial charge in [-0.3, -0.25) is 4.90 Å². The zero-order chi connectivity index (χ0) is 20.5. The maximum Gasteiger partial charge on any atom is 0.339 e. The van der Waals surface area contributed by atoms with Crippen LogP contribution < -0.4 is 9.08 Å². The summed E-state index contributed by atoms with van der Waals surface area (Å²) >= 11 is 11.7. The molecule has 0 aromatic heterocycles. The van der Waals surface area contributed by atoms with E-state index < -0.39 is 10.1 Å². The highest BCUT2D eigenvalue weighted by Gasteiger charge is 2.30. The topological polar surface area (TPSA) is 66.9 Å². The minimum atomic E-state index is -4.06. The van der Waals surface area contributed by atoms with Gasteiger partial charge < -0.3 is 9.08 Å². The first kappa shape index (κ1) is 20.8. The van der Waals surface area contributed by atoms with Crippen molar-refractivity contribution < 1.29 is 17.4 Å². The van der Waals surface area contributed by atoms with Crippen LogP contribution in [0.5, 0.6) is 5.75 Å². The molecule has 6 nitrogen and oxygen atoms in total. The minimum absolute atomic E-state index is 0.0284.